The second kappa shape index (κ2) is 9.41. The molecule has 2 aromatic rings. The minimum atomic E-state index is -3.76. The number of nitrogens with one attached hydrogen (secondary N) is 2. The second-order valence-electron chi connectivity index (χ2n) is 6.88. The quantitative estimate of drug-likeness (QED) is 0.774. The molecule has 1 aliphatic heterocycles. The van der Waals surface area contributed by atoms with Crippen molar-refractivity contribution in [3.8, 4) is 0 Å². The number of hydrogen-bond acceptors (Lipinski definition) is 4. The molecular weight excluding hydrogens is 398 g/mol. The number of nitrogens with zero attached hydrogens (tertiary/aromatic N) is 1. The third-order valence-electron chi connectivity index (χ3n) is 4.81. The van der Waals surface area contributed by atoms with E-state index >= 15 is 0 Å². The largest absolute Gasteiger partial charge is 0.337 e. The number of sulfonamides is 1. The number of anilines is 1. The van der Waals surface area contributed by atoms with Crippen LogP contribution in [-0.2, 0) is 10.0 Å². The van der Waals surface area contributed by atoms with Gasteiger partial charge in [0.15, 0.2) is 0 Å². The van der Waals surface area contributed by atoms with Gasteiger partial charge in [-0.25, -0.2) is 8.42 Å². The molecule has 6 nitrogen and oxygen atoms in total. The maximum absolute atomic E-state index is 12.8. The lowest BCUT2D eigenvalue weighted by molar-refractivity contribution is 0.0698. The molecule has 1 fully saturated rings. The topological polar surface area (TPSA) is 78.5 Å². The van der Waals surface area contributed by atoms with Gasteiger partial charge in [-0.05, 0) is 57.1 Å². The van der Waals surface area contributed by atoms with Crippen LogP contribution < -0.4 is 10.0 Å². The van der Waals surface area contributed by atoms with E-state index in [1.165, 1.54) is 12.1 Å². The van der Waals surface area contributed by atoms with Crippen LogP contribution in [0.5, 0.6) is 0 Å². The lowest BCUT2D eigenvalue weighted by Crippen LogP contribution is -2.47. The van der Waals surface area contributed by atoms with Gasteiger partial charge >= 0.3 is 0 Å². The van der Waals surface area contributed by atoms with Crippen molar-refractivity contribution in [1.82, 2.24) is 10.2 Å². The molecule has 1 amide bonds. The Bertz CT molecular complexity index is 917. The number of benzene rings is 2. The predicted octanol–water partition coefficient (Wildman–Crippen LogP) is 3.04. The number of amides is 1. The Kier molecular flexibility index (Phi) is 7.46. The van der Waals surface area contributed by atoms with Crippen LogP contribution in [0.2, 0.25) is 0 Å². The molecule has 0 aromatic heterocycles. The van der Waals surface area contributed by atoms with Crippen molar-refractivity contribution in [2.24, 2.45) is 0 Å². The van der Waals surface area contributed by atoms with Gasteiger partial charge < -0.3 is 10.2 Å². The fraction of sp³-hybridized carbons (Fsp3) is 0.350. The molecule has 0 spiro atoms. The van der Waals surface area contributed by atoms with Crippen LogP contribution >= 0.6 is 12.4 Å². The molecule has 152 valence electrons. The van der Waals surface area contributed by atoms with E-state index in [1.54, 1.807) is 29.2 Å². The summed E-state index contributed by atoms with van der Waals surface area (Å²) in [5, 5.41) is 3.21. The van der Waals surface area contributed by atoms with E-state index < -0.39 is 10.0 Å². The summed E-state index contributed by atoms with van der Waals surface area (Å²) in [5.41, 5.74) is 1.93. The standard InChI is InChI=1S/C20H25N3O3S.ClH/c1-15-8-10-17(11-9-15)22-27(25,26)19-7-3-5-16(13-19)20(24)23-12-4-6-18(14-23)21-2;/h3,5,7-11,13,18,21-22H,4,6,12,14H2,1-2H3;1H. The van der Waals surface area contributed by atoms with Gasteiger partial charge in [-0.2, -0.15) is 0 Å². The first-order chi connectivity index (χ1) is 12.9. The van der Waals surface area contributed by atoms with Crippen molar-refractivity contribution in [2.75, 3.05) is 24.9 Å². The number of likely N-dealkylation sites (N-methyl/N-ethyl adjacent to an activating group) is 1. The van der Waals surface area contributed by atoms with Crippen LogP contribution in [0.1, 0.15) is 28.8 Å². The number of rotatable bonds is 5. The summed E-state index contributed by atoms with van der Waals surface area (Å²) in [5.74, 6) is -0.137. The van der Waals surface area contributed by atoms with Crippen molar-refractivity contribution in [1.29, 1.82) is 0 Å². The fourth-order valence-corrected chi connectivity index (χ4v) is 4.32. The monoisotopic (exact) mass is 423 g/mol. The lowest BCUT2D eigenvalue weighted by atomic mass is 10.0. The summed E-state index contributed by atoms with van der Waals surface area (Å²) in [6, 6.07) is 13.6. The van der Waals surface area contributed by atoms with E-state index in [0.717, 1.165) is 18.4 Å². The predicted molar refractivity (Wildman–Crippen MR) is 114 cm³/mol. The van der Waals surface area contributed by atoms with E-state index in [4.69, 9.17) is 0 Å². The summed E-state index contributed by atoms with van der Waals surface area (Å²) in [6.07, 6.45) is 1.97. The maximum atomic E-state index is 12.8. The molecule has 1 saturated heterocycles. The Morgan fingerprint density at radius 2 is 1.86 bits per heavy atom. The first kappa shape index (κ1) is 22.2. The Morgan fingerprint density at radius 3 is 2.54 bits per heavy atom. The molecule has 2 N–H and O–H groups in total. The molecule has 0 bridgehead atoms. The van der Waals surface area contributed by atoms with Crippen molar-refractivity contribution in [3.05, 3.63) is 59.7 Å². The minimum absolute atomic E-state index is 0. The lowest BCUT2D eigenvalue weighted by Gasteiger charge is -2.32. The van der Waals surface area contributed by atoms with E-state index in [1.807, 2.05) is 26.1 Å². The van der Waals surface area contributed by atoms with Gasteiger partial charge in [0.1, 0.15) is 0 Å². The minimum Gasteiger partial charge on any atom is -0.337 e. The molecule has 8 heteroatoms. The number of likely N-dealkylation sites (tertiary alicyclic amines) is 1. The molecule has 1 aliphatic rings. The molecule has 0 radical (unpaired) electrons. The van der Waals surface area contributed by atoms with Crippen LogP contribution in [0.25, 0.3) is 0 Å². The third-order valence-corrected chi connectivity index (χ3v) is 6.19. The van der Waals surface area contributed by atoms with Crippen molar-refractivity contribution >= 4 is 34.0 Å². The first-order valence-electron chi connectivity index (χ1n) is 9.05. The van der Waals surface area contributed by atoms with Gasteiger partial charge in [-0.3, -0.25) is 9.52 Å². The molecule has 3 rings (SSSR count). The molecule has 1 atom stereocenters. The van der Waals surface area contributed by atoms with Crippen LogP contribution in [0.4, 0.5) is 5.69 Å². The zero-order chi connectivity index (χ0) is 19.4. The van der Waals surface area contributed by atoms with Crippen molar-refractivity contribution in [2.45, 2.75) is 30.7 Å². The summed E-state index contributed by atoms with van der Waals surface area (Å²) >= 11 is 0. The molecule has 1 unspecified atom stereocenters. The van der Waals surface area contributed by atoms with Gasteiger partial charge in [0.25, 0.3) is 15.9 Å². The SMILES string of the molecule is CNC1CCCN(C(=O)c2cccc(S(=O)(=O)Nc3ccc(C)cc3)c2)C1.Cl. The maximum Gasteiger partial charge on any atom is 0.261 e. The van der Waals surface area contributed by atoms with Gasteiger partial charge in [-0.15, -0.1) is 12.4 Å². The van der Waals surface area contributed by atoms with E-state index in [9.17, 15) is 13.2 Å². The fourth-order valence-electron chi connectivity index (χ4n) is 3.21. The van der Waals surface area contributed by atoms with Crippen LogP contribution in [0, 0.1) is 6.92 Å². The van der Waals surface area contributed by atoms with Crippen LogP contribution in [0.15, 0.2) is 53.4 Å². The number of hydrogen-bond donors (Lipinski definition) is 2. The Balaban J connectivity index is 0.00000280. The summed E-state index contributed by atoms with van der Waals surface area (Å²) in [4.78, 5) is 14.7. The highest BCUT2D eigenvalue weighted by Gasteiger charge is 2.24. The van der Waals surface area contributed by atoms with Gasteiger partial charge in [0, 0.05) is 30.4 Å². The number of aryl methyl sites for hydroxylation is 1. The normalized spacial score (nSPS) is 16.9. The van der Waals surface area contributed by atoms with Gasteiger partial charge in [0.2, 0.25) is 0 Å². The number of halogens is 1. The summed E-state index contributed by atoms with van der Waals surface area (Å²) in [7, 11) is -1.87. The average Bonchev–Trinajstić information content (AvgIpc) is 2.69. The smallest absolute Gasteiger partial charge is 0.261 e. The van der Waals surface area contributed by atoms with E-state index in [2.05, 4.69) is 10.0 Å². The molecule has 0 saturated carbocycles. The highest BCUT2D eigenvalue weighted by Crippen LogP contribution is 2.20. The zero-order valence-electron chi connectivity index (χ0n) is 16.0. The second-order valence-corrected chi connectivity index (χ2v) is 8.56. The Morgan fingerprint density at radius 1 is 1.14 bits per heavy atom. The van der Waals surface area contributed by atoms with E-state index in [0.29, 0.717) is 24.3 Å². The van der Waals surface area contributed by atoms with Gasteiger partial charge in [0.05, 0.1) is 4.90 Å². The zero-order valence-corrected chi connectivity index (χ0v) is 17.6. The van der Waals surface area contributed by atoms with Crippen molar-refractivity contribution in [3.63, 3.8) is 0 Å². The summed E-state index contributed by atoms with van der Waals surface area (Å²) in [6.45, 7) is 3.26. The Hall–Kier alpha value is -2.09. The van der Waals surface area contributed by atoms with Crippen LogP contribution in [0.3, 0.4) is 0 Å². The number of piperidine rings is 1. The van der Waals surface area contributed by atoms with Gasteiger partial charge in [-0.1, -0.05) is 23.8 Å². The molecule has 0 aliphatic carbocycles. The molecule has 28 heavy (non-hydrogen) atoms. The highest BCUT2D eigenvalue weighted by atomic mass is 35.5. The van der Waals surface area contributed by atoms with Crippen LogP contribution in [-0.4, -0.2) is 45.4 Å². The number of carbonyl (C=O) groups is 1. The first-order valence-corrected chi connectivity index (χ1v) is 10.5. The third kappa shape index (κ3) is 5.25. The number of carbonyl (C=O) groups excluding carboxylic acids is 1. The molecule has 2 aromatic carbocycles. The Labute approximate surface area is 172 Å². The average molecular weight is 424 g/mol. The summed E-state index contributed by atoms with van der Waals surface area (Å²) < 4.78 is 27.9. The van der Waals surface area contributed by atoms with E-state index in [-0.39, 0.29) is 29.3 Å². The van der Waals surface area contributed by atoms with Crippen molar-refractivity contribution < 1.29 is 13.2 Å². The molecule has 1 heterocycles. The highest BCUT2D eigenvalue weighted by molar-refractivity contribution is 7.92. The molecular formula is C20H26ClN3O3S.